The molecule has 0 saturated carbocycles. The van der Waals surface area contributed by atoms with Gasteiger partial charge in [0.15, 0.2) is 11.5 Å². The van der Waals surface area contributed by atoms with E-state index in [2.05, 4.69) is 61.6 Å². The maximum absolute atomic E-state index is 13.4. The van der Waals surface area contributed by atoms with Gasteiger partial charge >= 0.3 is 0 Å². The largest absolute Gasteiger partial charge is 0.435 e. The van der Waals surface area contributed by atoms with Crippen LogP contribution >= 0.6 is 0 Å². The first-order valence-corrected chi connectivity index (χ1v) is 12.5. The molecule has 1 aliphatic carbocycles. The summed E-state index contributed by atoms with van der Waals surface area (Å²) in [4.78, 5) is 18.1. The van der Waals surface area contributed by atoms with Crippen molar-refractivity contribution in [2.75, 3.05) is 6.54 Å². The lowest BCUT2D eigenvalue weighted by atomic mass is 10.00. The van der Waals surface area contributed by atoms with Crippen LogP contribution < -0.4 is 5.32 Å². The Labute approximate surface area is 212 Å². The van der Waals surface area contributed by atoms with Crippen LogP contribution in [-0.4, -0.2) is 17.4 Å². The molecular formula is C32H30N2O2. The van der Waals surface area contributed by atoms with Crippen LogP contribution in [0.3, 0.4) is 0 Å². The predicted octanol–water partition coefficient (Wildman–Crippen LogP) is 7.66. The van der Waals surface area contributed by atoms with E-state index in [9.17, 15) is 4.79 Å². The minimum Gasteiger partial charge on any atom is -0.435 e. The first-order chi connectivity index (χ1) is 17.6. The highest BCUT2D eigenvalue weighted by molar-refractivity contribution is 5.98. The number of benzene rings is 3. The van der Waals surface area contributed by atoms with Crippen LogP contribution in [0.4, 0.5) is 0 Å². The first kappa shape index (κ1) is 23.6. The summed E-state index contributed by atoms with van der Waals surface area (Å²) in [5.41, 5.74) is 5.30. The number of carbonyl (C=O) groups is 1. The zero-order valence-corrected chi connectivity index (χ0v) is 20.6. The topological polar surface area (TPSA) is 55.1 Å². The van der Waals surface area contributed by atoms with E-state index in [1.54, 1.807) is 0 Å². The van der Waals surface area contributed by atoms with Gasteiger partial charge in [0, 0.05) is 17.7 Å². The molecule has 0 spiro atoms. The molecule has 180 valence electrons. The van der Waals surface area contributed by atoms with Crippen LogP contribution in [0.15, 0.2) is 108 Å². The molecule has 1 N–H and O–H groups in total. The third kappa shape index (κ3) is 5.08. The summed E-state index contributed by atoms with van der Waals surface area (Å²) in [7, 11) is 0. The summed E-state index contributed by atoms with van der Waals surface area (Å²) in [5.74, 6) is 1.39. The van der Waals surface area contributed by atoms with Crippen LogP contribution in [-0.2, 0) is 0 Å². The molecule has 1 atom stereocenters. The minimum absolute atomic E-state index is 0.229. The lowest BCUT2D eigenvalue weighted by molar-refractivity contribution is 0.0945. The molecule has 1 aliphatic rings. The molecule has 36 heavy (non-hydrogen) atoms. The number of aromatic nitrogens is 1. The molecule has 0 radical (unpaired) electrons. The number of allylic oxidation sites excluding steroid dienone is 3. The Balaban J connectivity index is 1.54. The van der Waals surface area contributed by atoms with Crippen molar-refractivity contribution in [3.05, 3.63) is 114 Å². The summed E-state index contributed by atoms with van der Waals surface area (Å²) in [6.45, 7) is 4.87. The molecule has 1 aromatic heterocycles. The van der Waals surface area contributed by atoms with Crippen molar-refractivity contribution < 1.29 is 9.21 Å². The third-order valence-electron chi connectivity index (χ3n) is 6.52. The van der Waals surface area contributed by atoms with Crippen LogP contribution in [0.25, 0.3) is 33.9 Å². The molecule has 4 heteroatoms. The van der Waals surface area contributed by atoms with Gasteiger partial charge in [0.25, 0.3) is 5.91 Å². The second-order valence-corrected chi connectivity index (χ2v) is 9.40. The predicted molar refractivity (Wildman–Crippen MR) is 146 cm³/mol. The lowest BCUT2D eigenvalue weighted by Crippen LogP contribution is -2.29. The molecule has 1 amide bonds. The van der Waals surface area contributed by atoms with Crippen LogP contribution in [0.1, 0.15) is 42.2 Å². The van der Waals surface area contributed by atoms with Gasteiger partial charge in [-0.3, -0.25) is 4.79 Å². The molecule has 0 fully saturated rings. The maximum Gasteiger partial charge on any atom is 0.273 e. The minimum atomic E-state index is -0.229. The molecule has 0 bridgehead atoms. The summed E-state index contributed by atoms with van der Waals surface area (Å²) >= 11 is 0. The van der Waals surface area contributed by atoms with Gasteiger partial charge in [0.1, 0.15) is 0 Å². The third-order valence-corrected chi connectivity index (χ3v) is 6.52. The van der Waals surface area contributed by atoms with Crippen LogP contribution in [0.2, 0.25) is 0 Å². The molecule has 5 rings (SSSR count). The van der Waals surface area contributed by atoms with E-state index in [1.807, 2.05) is 60.7 Å². The number of rotatable bonds is 7. The fourth-order valence-electron chi connectivity index (χ4n) is 4.43. The van der Waals surface area contributed by atoms with Crippen molar-refractivity contribution in [3.8, 4) is 33.9 Å². The SMILES string of the molecule is CC(C)c1ccc(-c2oc(-c3ccccc3-c3ccccc3)nc2C(=O)NCC2C=CC=CC2)cc1. The average molecular weight is 475 g/mol. The van der Waals surface area contributed by atoms with E-state index < -0.39 is 0 Å². The van der Waals surface area contributed by atoms with E-state index in [-0.39, 0.29) is 11.8 Å². The van der Waals surface area contributed by atoms with E-state index in [0.29, 0.717) is 29.8 Å². The van der Waals surface area contributed by atoms with E-state index in [4.69, 9.17) is 9.40 Å². The normalized spacial score (nSPS) is 14.8. The van der Waals surface area contributed by atoms with Gasteiger partial charge < -0.3 is 9.73 Å². The van der Waals surface area contributed by atoms with Crippen molar-refractivity contribution in [3.63, 3.8) is 0 Å². The average Bonchev–Trinajstić information content (AvgIpc) is 3.38. The number of oxazole rings is 1. The monoisotopic (exact) mass is 474 g/mol. The molecule has 3 aromatic carbocycles. The summed E-state index contributed by atoms with van der Waals surface area (Å²) < 4.78 is 6.37. The van der Waals surface area contributed by atoms with E-state index in [0.717, 1.165) is 28.7 Å². The quantitative estimate of drug-likeness (QED) is 0.299. The highest BCUT2D eigenvalue weighted by atomic mass is 16.4. The van der Waals surface area contributed by atoms with Crippen LogP contribution in [0.5, 0.6) is 0 Å². The zero-order valence-electron chi connectivity index (χ0n) is 20.6. The van der Waals surface area contributed by atoms with Gasteiger partial charge in [-0.2, -0.15) is 0 Å². The second kappa shape index (κ2) is 10.6. The fourth-order valence-corrected chi connectivity index (χ4v) is 4.43. The second-order valence-electron chi connectivity index (χ2n) is 9.40. The molecule has 0 aliphatic heterocycles. The first-order valence-electron chi connectivity index (χ1n) is 12.5. The van der Waals surface area contributed by atoms with Gasteiger partial charge in [-0.15, -0.1) is 0 Å². The number of hydrogen-bond acceptors (Lipinski definition) is 3. The molecule has 1 unspecified atom stereocenters. The van der Waals surface area contributed by atoms with E-state index >= 15 is 0 Å². The Kier molecular flexibility index (Phi) is 6.94. The van der Waals surface area contributed by atoms with Gasteiger partial charge in [-0.05, 0) is 41.0 Å². The summed E-state index contributed by atoms with van der Waals surface area (Å²) in [5, 5.41) is 3.07. The summed E-state index contributed by atoms with van der Waals surface area (Å²) in [6, 6.07) is 26.3. The van der Waals surface area contributed by atoms with Gasteiger partial charge in [-0.25, -0.2) is 4.98 Å². The van der Waals surface area contributed by atoms with Crippen molar-refractivity contribution in [2.45, 2.75) is 26.2 Å². The van der Waals surface area contributed by atoms with Gasteiger partial charge in [-0.1, -0.05) is 111 Å². The van der Waals surface area contributed by atoms with Gasteiger partial charge in [0.2, 0.25) is 5.89 Å². The number of amides is 1. The lowest BCUT2D eigenvalue weighted by Gasteiger charge is -2.13. The Morgan fingerprint density at radius 3 is 2.33 bits per heavy atom. The Morgan fingerprint density at radius 2 is 1.64 bits per heavy atom. The standard InChI is InChI=1S/C32H30N2O2/c1-22(2)24-17-19-26(20-18-24)30-29(31(35)33-21-23-11-5-3-6-12-23)34-32(36-30)28-16-10-9-15-27(28)25-13-7-4-8-14-25/h3-11,13-20,22-23H,12,21H2,1-2H3,(H,33,35). The number of nitrogens with one attached hydrogen (secondary N) is 1. The molecular weight excluding hydrogens is 444 g/mol. The highest BCUT2D eigenvalue weighted by Crippen LogP contribution is 2.36. The Hall–Kier alpha value is -4.18. The van der Waals surface area contributed by atoms with Crippen LogP contribution in [0, 0.1) is 5.92 Å². The molecule has 4 aromatic rings. The number of hydrogen-bond donors (Lipinski definition) is 1. The van der Waals surface area contributed by atoms with Crippen molar-refractivity contribution in [1.29, 1.82) is 0 Å². The summed E-state index contributed by atoms with van der Waals surface area (Å²) in [6.07, 6.45) is 9.21. The van der Waals surface area contributed by atoms with Crippen molar-refractivity contribution in [2.24, 2.45) is 5.92 Å². The highest BCUT2D eigenvalue weighted by Gasteiger charge is 2.24. The smallest absolute Gasteiger partial charge is 0.273 e. The van der Waals surface area contributed by atoms with Gasteiger partial charge in [0.05, 0.1) is 0 Å². The Morgan fingerprint density at radius 1 is 0.917 bits per heavy atom. The Bertz CT molecular complexity index is 1400. The van der Waals surface area contributed by atoms with Crippen molar-refractivity contribution in [1.82, 2.24) is 10.3 Å². The van der Waals surface area contributed by atoms with Crippen molar-refractivity contribution >= 4 is 5.91 Å². The number of nitrogens with zero attached hydrogens (tertiary/aromatic N) is 1. The molecule has 4 nitrogen and oxygen atoms in total. The number of carbonyl (C=O) groups excluding carboxylic acids is 1. The molecule has 1 heterocycles. The maximum atomic E-state index is 13.4. The fraction of sp³-hybridized carbons (Fsp3) is 0.188. The zero-order chi connectivity index (χ0) is 24.9. The molecule has 0 saturated heterocycles. The van der Waals surface area contributed by atoms with E-state index in [1.165, 1.54) is 5.56 Å².